The van der Waals surface area contributed by atoms with Gasteiger partial charge in [0.25, 0.3) is 11.1 Å². The maximum Gasteiger partial charge on any atom is 0.290 e. The molecule has 1 N–H and O–H groups in total. The third kappa shape index (κ3) is 5.38. The Kier molecular flexibility index (Phi) is 6.57. The summed E-state index contributed by atoms with van der Waals surface area (Å²) in [6, 6.07) is 14.8. The second-order valence-electron chi connectivity index (χ2n) is 8.68. The largest absolute Gasteiger partial charge is 0.341 e. The van der Waals surface area contributed by atoms with E-state index in [-0.39, 0.29) is 11.0 Å². The first kappa shape index (κ1) is 23.5. The average Bonchev–Trinajstić information content (AvgIpc) is 3.19. The number of carbonyl (C=O) groups is 2. The molecule has 2 amide bonds. The fourth-order valence-corrected chi connectivity index (χ4v) is 6.50. The van der Waals surface area contributed by atoms with Gasteiger partial charge < -0.3 is 4.90 Å². The van der Waals surface area contributed by atoms with Crippen molar-refractivity contribution in [2.24, 2.45) is 5.92 Å². The molecule has 2 aliphatic rings. The van der Waals surface area contributed by atoms with Crippen molar-refractivity contribution < 1.29 is 18.0 Å². The highest BCUT2D eigenvalue weighted by molar-refractivity contribution is 8.18. The van der Waals surface area contributed by atoms with Crippen LogP contribution in [0.15, 0.2) is 64.5 Å². The SMILES string of the molecule is O=C1NC(=O)/C(=C/c2ccnc(N3CCC(CCS(=O)(=O)c4ccc5ccccc5c4)CC3)n2)S1. The van der Waals surface area contributed by atoms with Crippen LogP contribution in [0.3, 0.4) is 0 Å². The van der Waals surface area contributed by atoms with Gasteiger partial charge in [-0.1, -0.05) is 30.3 Å². The zero-order valence-electron chi connectivity index (χ0n) is 18.9. The molecule has 180 valence electrons. The zero-order valence-corrected chi connectivity index (χ0v) is 20.5. The lowest BCUT2D eigenvalue weighted by atomic mass is 9.94. The Balaban J connectivity index is 1.18. The smallest absolute Gasteiger partial charge is 0.290 e. The molecule has 2 saturated heterocycles. The van der Waals surface area contributed by atoms with E-state index >= 15 is 0 Å². The number of carbonyl (C=O) groups excluding carboxylic acids is 2. The Hall–Kier alpha value is -3.24. The summed E-state index contributed by atoms with van der Waals surface area (Å²) in [6.07, 6.45) is 5.55. The molecule has 0 saturated carbocycles. The molecular formula is C25H24N4O4S2. The first-order valence-corrected chi connectivity index (χ1v) is 13.9. The molecule has 1 aromatic heterocycles. The average molecular weight is 509 g/mol. The van der Waals surface area contributed by atoms with Crippen molar-refractivity contribution in [3.8, 4) is 0 Å². The molecule has 3 aromatic rings. The monoisotopic (exact) mass is 508 g/mol. The molecular weight excluding hydrogens is 484 g/mol. The van der Waals surface area contributed by atoms with E-state index in [1.165, 1.54) is 0 Å². The number of nitrogens with one attached hydrogen (secondary N) is 1. The van der Waals surface area contributed by atoms with E-state index in [0.717, 1.165) is 48.5 Å². The number of fused-ring (bicyclic) bond motifs is 1. The molecule has 0 radical (unpaired) electrons. The zero-order chi connectivity index (χ0) is 24.4. The van der Waals surface area contributed by atoms with Crippen LogP contribution in [0, 0.1) is 5.92 Å². The minimum absolute atomic E-state index is 0.133. The van der Waals surface area contributed by atoms with Crippen molar-refractivity contribution in [2.45, 2.75) is 24.2 Å². The van der Waals surface area contributed by atoms with Gasteiger partial charge >= 0.3 is 0 Å². The second kappa shape index (κ2) is 9.79. The fourth-order valence-electron chi connectivity index (χ4n) is 4.37. The van der Waals surface area contributed by atoms with Crippen LogP contribution >= 0.6 is 11.8 Å². The standard InChI is InChI=1S/C25H24N4O4S2/c30-23-22(34-25(31)28-23)16-20-7-11-26-24(27-20)29-12-8-17(9-13-29)10-14-35(32,33)21-6-5-18-3-1-2-4-19(18)15-21/h1-7,11,15-17H,8-10,12-14H2,(H,28,30,31)/b22-16-. The summed E-state index contributed by atoms with van der Waals surface area (Å²) in [5, 5.41) is 3.80. The molecule has 0 aliphatic carbocycles. The molecule has 35 heavy (non-hydrogen) atoms. The number of rotatable bonds is 6. The van der Waals surface area contributed by atoms with Gasteiger partial charge in [0.05, 0.1) is 21.2 Å². The van der Waals surface area contributed by atoms with Crippen LogP contribution < -0.4 is 10.2 Å². The van der Waals surface area contributed by atoms with E-state index in [9.17, 15) is 18.0 Å². The molecule has 2 aromatic carbocycles. The summed E-state index contributed by atoms with van der Waals surface area (Å²) in [4.78, 5) is 34.8. The summed E-state index contributed by atoms with van der Waals surface area (Å²) in [5.41, 5.74) is 0.561. The molecule has 0 unspecified atom stereocenters. The summed E-state index contributed by atoms with van der Waals surface area (Å²) in [7, 11) is -3.35. The van der Waals surface area contributed by atoms with Gasteiger partial charge in [-0.2, -0.15) is 0 Å². The maximum absolute atomic E-state index is 12.9. The molecule has 3 heterocycles. The molecule has 8 nitrogen and oxygen atoms in total. The highest BCUT2D eigenvalue weighted by Gasteiger charge is 2.26. The van der Waals surface area contributed by atoms with Crippen molar-refractivity contribution >= 4 is 55.5 Å². The van der Waals surface area contributed by atoms with Crippen molar-refractivity contribution in [2.75, 3.05) is 23.7 Å². The number of thioether (sulfide) groups is 1. The van der Waals surface area contributed by atoms with E-state index in [1.807, 2.05) is 30.3 Å². The third-order valence-electron chi connectivity index (χ3n) is 6.36. The Labute approximate surface area is 207 Å². The van der Waals surface area contributed by atoms with Crippen LogP contribution in [-0.2, 0) is 14.6 Å². The topological polar surface area (TPSA) is 109 Å². The lowest BCUT2D eigenvalue weighted by Gasteiger charge is -2.32. The summed E-state index contributed by atoms with van der Waals surface area (Å²) >= 11 is 0.855. The molecule has 10 heteroatoms. The predicted octanol–water partition coefficient (Wildman–Crippen LogP) is 4.03. The number of nitrogens with zero attached hydrogens (tertiary/aromatic N) is 3. The number of anilines is 1. The first-order valence-electron chi connectivity index (χ1n) is 11.4. The second-order valence-corrected chi connectivity index (χ2v) is 11.8. The molecule has 0 spiro atoms. The van der Waals surface area contributed by atoms with Gasteiger partial charge in [-0.05, 0) is 72.0 Å². The summed E-state index contributed by atoms with van der Waals surface area (Å²) < 4.78 is 25.9. The number of sulfone groups is 1. The number of piperidine rings is 1. The van der Waals surface area contributed by atoms with Crippen molar-refractivity contribution in [3.05, 3.63) is 65.3 Å². The van der Waals surface area contributed by atoms with Gasteiger partial charge in [-0.25, -0.2) is 18.4 Å². The van der Waals surface area contributed by atoms with E-state index in [1.54, 1.807) is 30.5 Å². The Bertz CT molecular complexity index is 1430. The number of aromatic nitrogens is 2. The van der Waals surface area contributed by atoms with Gasteiger partial charge in [0.2, 0.25) is 5.95 Å². The number of imide groups is 1. The highest BCUT2D eigenvalue weighted by Crippen LogP contribution is 2.28. The van der Waals surface area contributed by atoms with Crippen molar-refractivity contribution in [1.29, 1.82) is 0 Å². The minimum atomic E-state index is -3.35. The van der Waals surface area contributed by atoms with Gasteiger partial charge in [0.15, 0.2) is 9.84 Å². The third-order valence-corrected chi connectivity index (χ3v) is 8.91. The van der Waals surface area contributed by atoms with Crippen molar-refractivity contribution in [1.82, 2.24) is 15.3 Å². The van der Waals surface area contributed by atoms with Gasteiger partial charge in [0.1, 0.15) is 0 Å². The normalized spacial score (nSPS) is 18.4. The van der Waals surface area contributed by atoms with E-state index in [0.29, 0.717) is 33.8 Å². The van der Waals surface area contributed by atoms with Crippen LogP contribution in [-0.4, -0.2) is 48.4 Å². The van der Waals surface area contributed by atoms with Gasteiger partial charge in [-0.3, -0.25) is 14.9 Å². The Morgan fingerprint density at radius 2 is 1.83 bits per heavy atom. The fraction of sp³-hybridized carbons (Fsp3) is 0.280. The van der Waals surface area contributed by atoms with Gasteiger partial charge in [-0.15, -0.1) is 0 Å². The van der Waals surface area contributed by atoms with Crippen LogP contribution in [0.4, 0.5) is 10.7 Å². The first-order chi connectivity index (χ1) is 16.9. The molecule has 2 aliphatic heterocycles. The Morgan fingerprint density at radius 1 is 1.06 bits per heavy atom. The van der Waals surface area contributed by atoms with Crippen LogP contribution in [0.25, 0.3) is 16.8 Å². The minimum Gasteiger partial charge on any atom is -0.341 e. The summed E-state index contributed by atoms with van der Waals surface area (Å²) in [5.74, 6) is 0.598. The number of benzene rings is 2. The van der Waals surface area contributed by atoms with Crippen molar-refractivity contribution in [3.63, 3.8) is 0 Å². The van der Waals surface area contributed by atoms with E-state index in [2.05, 4.69) is 20.2 Å². The number of hydrogen-bond donors (Lipinski definition) is 1. The van der Waals surface area contributed by atoms with E-state index < -0.39 is 15.7 Å². The van der Waals surface area contributed by atoms with Gasteiger partial charge in [0, 0.05) is 19.3 Å². The molecule has 2 fully saturated rings. The van der Waals surface area contributed by atoms with Crippen LogP contribution in [0.2, 0.25) is 0 Å². The Morgan fingerprint density at radius 3 is 2.57 bits per heavy atom. The summed E-state index contributed by atoms with van der Waals surface area (Å²) in [6.45, 7) is 1.46. The molecule has 0 bridgehead atoms. The quantitative estimate of drug-likeness (QED) is 0.497. The number of amides is 2. The van der Waals surface area contributed by atoms with Crippen LogP contribution in [0.1, 0.15) is 25.0 Å². The predicted molar refractivity (Wildman–Crippen MR) is 137 cm³/mol. The lowest BCUT2D eigenvalue weighted by molar-refractivity contribution is -0.115. The van der Waals surface area contributed by atoms with E-state index in [4.69, 9.17) is 0 Å². The van der Waals surface area contributed by atoms with Crippen LogP contribution in [0.5, 0.6) is 0 Å². The molecule has 5 rings (SSSR count). The highest BCUT2D eigenvalue weighted by atomic mass is 32.2. The maximum atomic E-state index is 12.9. The number of hydrogen-bond acceptors (Lipinski definition) is 8. The molecule has 0 atom stereocenters. The lowest BCUT2D eigenvalue weighted by Crippen LogP contribution is -2.35.